The number of carbonyl (C=O) groups is 1. The van der Waals surface area contributed by atoms with E-state index in [4.69, 9.17) is 9.47 Å². The van der Waals surface area contributed by atoms with E-state index in [1.54, 1.807) is 6.07 Å². The van der Waals surface area contributed by atoms with E-state index in [0.29, 0.717) is 11.3 Å². The molecule has 2 atom stereocenters. The van der Waals surface area contributed by atoms with Crippen molar-refractivity contribution < 1.29 is 29.2 Å². The van der Waals surface area contributed by atoms with Crippen LogP contribution in [0, 0.1) is 0 Å². The van der Waals surface area contributed by atoms with E-state index in [9.17, 15) is 15.0 Å². The lowest BCUT2D eigenvalue weighted by Gasteiger charge is -2.22. The van der Waals surface area contributed by atoms with Crippen LogP contribution in [0.1, 0.15) is 37.8 Å². The summed E-state index contributed by atoms with van der Waals surface area (Å²) in [4.78, 5) is 10.2. The van der Waals surface area contributed by atoms with Crippen molar-refractivity contribution in [3.05, 3.63) is 29.3 Å². The molecule has 0 radical (unpaired) electrons. The van der Waals surface area contributed by atoms with Crippen LogP contribution in [0.4, 0.5) is 0 Å². The third-order valence-corrected chi connectivity index (χ3v) is 3.25. The van der Waals surface area contributed by atoms with E-state index in [0.717, 1.165) is 25.2 Å². The Kier molecular flexibility index (Phi) is 12.0. The summed E-state index contributed by atoms with van der Waals surface area (Å²) in [7, 11) is 1.51. The minimum atomic E-state index is -1.39. The van der Waals surface area contributed by atoms with E-state index < -0.39 is 12.2 Å². The number of methoxy groups -OCH3 is 1. The van der Waals surface area contributed by atoms with Crippen molar-refractivity contribution in [2.24, 2.45) is 0 Å². The van der Waals surface area contributed by atoms with Crippen molar-refractivity contribution in [1.82, 2.24) is 0 Å². The Morgan fingerprint density at radius 1 is 1.22 bits per heavy atom. The van der Waals surface area contributed by atoms with Crippen LogP contribution in [0.15, 0.2) is 18.2 Å². The van der Waals surface area contributed by atoms with Gasteiger partial charge in [-0.1, -0.05) is 19.1 Å². The first-order valence-electron chi connectivity index (χ1n) is 7.71. The topological polar surface area (TPSA) is 85.2 Å². The molecule has 2 unspecified atom stereocenters. The van der Waals surface area contributed by atoms with Gasteiger partial charge in [-0.3, -0.25) is 4.79 Å². The van der Waals surface area contributed by atoms with Gasteiger partial charge in [-0.2, -0.15) is 0 Å². The second-order valence-electron chi connectivity index (χ2n) is 4.62. The van der Waals surface area contributed by atoms with Gasteiger partial charge in [-0.25, -0.2) is 0 Å². The van der Waals surface area contributed by atoms with Gasteiger partial charge in [0.25, 0.3) is 6.47 Å². The van der Waals surface area contributed by atoms with Gasteiger partial charge in [-0.05, 0) is 31.9 Å². The number of carbonyl (C=O) groups excluding carboxylic acids is 1. The van der Waals surface area contributed by atoms with Gasteiger partial charge in [0.2, 0.25) is 6.29 Å². The molecule has 0 aliphatic carbocycles. The zero-order valence-electron chi connectivity index (χ0n) is 14.3. The monoisotopic (exact) mass is 328 g/mol. The number of aliphatic hydroxyl groups is 2. The molecule has 0 aliphatic heterocycles. The van der Waals surface area contributed by atoms with Crippen LogP contribution in [0.5, 0.6) is 5.75 Å². The second kappa shape index (κ2) is 12.9. The van der Waals surface area contributed by atoms with Crippen LogP contribution in [-0.2, 0) is 20.7 Å². The second-order valence-corrected chi connectivity index (χ2v) is 4.62. The molecule has 6 heteroatoms. The molecule has 0 heterocycles. The number of aryl methyl sites for hydroxylation is 1. The van der Waals surface area contributed by atoms with Crippen molar-refractivity contribution in [3.8, 4) is 5.75 Å². The summed E-state index contributed by atoms with van der Waals surface area (Å²) in [5.41, 5.74) is 1.68. The highest BCUT2D eigenvalue weighted by atomic mass is 16.6. The molecule has 0 aliphatic rings. The number of benzene rings is 1. The minimum Gasteiger partial charge on any atom is -0.496 e. The van der Waals surface area contributed by atoms with Crippen molar-refractivity contribution in [2.75, 3.05) is 26.9 Å². The molecule has 1 aromatic carbocycles. The molecule has 1 aromatic rings. The highest BCUT2D eigenvalue weighted by Crippen LogP contribution is 2.30. The van der Waals surface area contributed by atoms with Gasteiger partial charge in [0.15, 0.2) is 0 Å². The van der Waals surface area contributed by atoms with Crippen molar-refractivity contribution in [1.29, 1.82) is 0 Å². The zero-order chi connectivity index (χ0) is 17.7. The van der Waals surface area contributed by atoms with Crippen LogP contribution < -0.4 is 4.74 Å². The standard InChI is InChI=1S/C13H18O5.C4H10O/c1-3-9-4-5-10(12(6-9)17-2)11(7-14)13(16)18-8-15;1-3-5-4-2/h4-6,8,11,13-14,16H,3,7H2,1-2H3;3-4H2,1-2H3. The van der Waals surface area contributed by atoms with E-state index >= 15 is 0 Å². The van der Waals surface area contributed by atoms with Gasteiger partial charge in [0, 0.05) is 18.8 Å². The molecule has 0 saturated heterocycles. The van der Waals surface area contributed by atoms with Crippen LogP contribution in [0.25, 0.3) is 0 Å². The van der Waals surface area contributed by atoms with Crippen LogP contribution in [0.2, 0.25) is 0 Å². The van der Waals surface area contributed by atoms with Crippen molar-refractivity contribution in [3.63, 3.8) is 0 Å². The van der Waals surface area contributed by atoms with E-state index in [-0.39, 0.29) is 13.1 Å². The Morgan fingerprint density at radius 2 is 1.87 bits per heavy atom. The highest BCUT2D eigenvalue weighted by molar-refractivity contribution is 5.42. The zero-order valence-corrected chi connectivity index (χ0v) is 14.3. The lowest BCUT2D eigenvalue weighted by molar-refractivity contribution is -0.157. The molecule has 23 heavy (non-hydrogen) atoms. The summed E-state index contributed by atoms with van der Waals surface area (Å²) in [6, 6.07) is 5.48. The third-order valence-electron chi connectivity index (χ3n) is 3.25. The number of rotatable bonds is 9. The van der Waals surface area contributed by atoms with E-state index in [1.807, 2.05) is 32.9 Å². The van der Waals surface area contributed by atoms with Gasteiger partial charge < -0.3 is 24.4 Å². The van der Waals surface area contributed by atoms with Gasteiger partial charge >= 0.3 is 0 Å². The number of hydrogen-bond donors (Lipinski definition) is 2. The average molecular weight is 328 g/mol. The van der Waals surface area contributed by atoms with Gasteiger partial charge in [0.1, 0.15) is 5.75 Å². The molecule has 0 aromatic heterocycles. The summed E-state index contributed by atoms with van der Waals surface area (Å²) >= 11 is 0. The number of hydrogen-bond acceptors (Lipinski definition) is 6. The molecule has 0 fully saturated rings. The maximum atomic E-state index is 10.2. The van der Waals surface area contributed by atoms with Crippen LogP contribution in [-0.4, -0.2) is 49.9 Å². The van der Waals surface area contributed by atoms with Crippen molar-refractivity contribution in [2.45, 2.75) is 39.4 Å². The molecule has 0 bridgehead atoms. The lowest BCUT2D eigenvalue weighted by atomic mass is 9.96. The van der Waals surface area contributed by atoms with Crippen LogP contribution in [0.3, 0.4) is 0 Å². The lowest BCUT2D eigenvalue weighted by Crippen LogP contribution is -2.25. The fourth-order valence-electron chi connectivity index (χ4n) is 1.98. The fourth-order valence-corrected chi connectivity index (χ4v) is 1.98. The summed E-state index contributed by atoms with van der Waals surface area (Å²) in [6.45, 7) is 7.49. The normalized spacial score (nSPS) is 12.6. The molecule has 0 spiro atoms. The molecule has 0 saturated carbocycles. The Hall–Kier alpha value is -1.63. The maximum absolute atomic E-state index is 10.2. The molecular weight excluding hydrogens is 300 g/mol. The van der Waals surface area contributed by atoms with Gasteiger partial charge in [-0.15, -0.1) is 0 Å². The molecule has 132 valence electrons. The van der Waals surface area contributed by atoms with E-state index in [2.05, 4.69) is 4.74 Å². The minimum absolute atomic E-state index is 0.153. The first-order valence-corrected chi connectivity index (χ1v) is 7.71. The van der Waals surface area contributed by atoms with E-state index in [1.165, 1.54) is 7.11 Å². The highest BCUT2D eigenvalue weighted by Gasteiger charge is 2.25. The smallest absolute Gasteiger partial charge is 0.295 e. The summed E-state index contributed by atoms with van der Waals surface area (Å²) in [5.74, 6) is -0.169. The molecule has 1 rings (SSSR count). The average Bonchev–Trinajstić information content (AvgIpc) is 2.57. The molecular formula is C17H28O6. The summed E-state index contributed by atoms with van der Waals surface area (Å²) in [5, 5.41) is 19.0. The Labute approximate surface area is 138 Å². The Bertz CT molecular complexity index is 433. The molecule has 0 amide bonds. The maximum Gasteiger partial charge on any atom is 0.295 e. The number of aliphatic hydroxyl groups excluding tert-OH is 2. The third kappa shape index (κ3) is 7.45. The number of ether oxygens (including phenoxy) is 3. The largest absolute Gasteiger partial charge is 0.496 e. The quantitative estimate of drug-likeness (QED) is 0.532. The Balaban J connectivity index is 0.000000841. The summed E-state index contributed by atoms with van der Waals surface area (Å²) in [6.07, 6.45) is -0.540. The predicted molar refractivity (Wildman–Crippen MR) is 87.5 cm³/mol. The summed E-state index contributed by atoms with van der Waals surface area (Å²) < 4.78 is 14.5. The van der Waals surface area contributed by atoms with Gasteiger partial charge in [0.05, 0.1) is 19.6 Å². The van der Waals surface area contributed by atoms with Crippen LogP contribution >= 0.6 is 0 Å². The first kappa shape index (κ1) is 21.4. The molecule has 2 N–H and O–H groups in total. The molecule has 6 nitrogen and oxygen atoms in total. The first-order chi connectivity index (χ1) is 11.1. The predicted octanol–water partition coefficient (Wildman–Crippen LogP) is 1.87. The Morgan fingerprint density at radius 3 is 2.26 bits per heavy atom. The fraction of sp³-hybridized carbons (Fsp3) is 0.588. The van der Waals surface area contributed by atoms with Crippen molar-refractivity contribution >= 4 is 6.47 Å². The SMILES string of the molecule is CCOCC.CCc1ccc(C(CO)C(O)OC=O)c(OC)c1.